The molecule has 348 valence electrons. The second kappa shape index (κ2) is 21.6. The van der Waals surface area contributed by atoms with Crippen LogP contribution in [0.4, 0.5) is 0 Å². The molecule has 1 heterocycles. The monoisotopic (exact) mass is 880 g/mol. The maximum absolute atomic E-state index is 15.1. The molecule has 3 aliphatic rings. The molecule has 1 saturated carbocycles. The van der Waals surface area contributed by atoms with E-state index in [0.717, 1.165) is 38.5 Å². The van der Waals surface area contributed by atoms with Crippen molar-refractivity contribution in [3.05, 3.63) is 95.6 Å². The van der Waals surface area contributed by atoms with Gasteiger partial charge in [0.05, 0.1) is 54.3 Å². The van der Waals surface area contributed by atoms with Crippen LogP contribution in [-0.2, 0) is 28.7 Å². The van der Waals surface area contributed by atoms with Crippen molar-refractivity contribution in [2.24, 2.45) is 23.5 Å². The highest BCUT2D eigenvalue weighted by Gasteiger charge is 2.45. The van der Waals surface area contributed by atoms with Crippen molar-refractivity contribution >= 4 is 23.6 Å². The van der Waals surface area contributed by atoms with Crippen molar-refractivity contribution < 1.29 is 33.8 Å². The molecule has 2 unspecified atom stereocenters. The van der Waals surface area contributed by atoms with Crippen LogP contribution in [0.25, 0.3) is 11.1 Å². The molecule has 64 heavy (non-hydrogen) atoms. The van der Waals surface area contributed by atoms with Gasteiger partial charge in [0.2, 0.25) is 23.6 Å². The van der Waals surface area contributed by atoms with Crippen LogP contribution in [0.5, 0.6) is 0 Å². The maximum atomic E-state index is 15.1. The number of amides is 4. The normalized spacial score (nSPS) is 20.3. The van der Waals surface area contributed by atoms with Crippen LogP contribution in [0, 0.1) is 17.8 Å². The van der Waals surface area contributed by atoms with Gasteiger partial charge in [0, 0.05) is 33.7 Å². The molecule has 0 aromatic heterocycles. The lowest BCUT2D eigenvalue weighted by Crippen LogP contribution is -2.61. The van der Waals surface area contributed by atoms with Gasteiger partial charge >= 0.3 is 0 Å². The van der Waals surface area contributed by atoms with Gasteiger partial charge < -0.3 is 40.7 Å². The number of carbonyl (C=O) groups is 4. The van der Waals surface area contributed by atoms with Gasteiger partial charge in [-0.25, -0.2) is 0 Å². The third-order valence-corrected chi connectivity index (χ3v) is 14.5. The summed E-state index contributed by atoms with van der Waals surface area (Å²) < 4.78 is 12.2. The first-order valence-electron chi connectivity index (χ1n) is 23.5. The van der Waals surface area contributed by atoms with Gasteiger partial charge in [-0.05, 0) is 98.9 Å². The minimum absolute atomic E-state index is 0.0337. The number of carbonyl (C=O) groups excluding carboxylic acids is 4. The molecule has 4 amide bonds. The van der Waals surface area contributed by atoms with E-state index < -0.39 is 53.8 Å². The lowest BCUT2D eigenvalue weighted by Gasteiger charge is -2.41. The third kappa shape index (κ3) is 10.9. The smallest absolute Gasteiger partial charge is 0.245 e. The maximum Gasteiger partial charge on any atom is 0.245 e. The Morgan fingerprint density at radius 3 is 2.02 bits per heavy atom. The van der Waals surface area contributed by atoms with Gasteiger partial charge in [-0.1, -0.05) is 106 Å². The number of rotatable bonds is 20. The predicted molar refractivity (Wildman–Crippen MR) is 250 cm³/mol. The number of nitrogens with two attached hydrogens (primary N) is 1. The number of benzene rings is 3. The van der Waals surface area contributed by atoms with Crippen LogP contribution < -0.4 is 16.4 Å². The molecule has 9 atom stereocenters. The van der Waals surface area contributed by atoms with E-state index in [1.165, 1.54) is 22.3 Å². The molecule has 3 aromatic carbocycles. The average molecular weight is 880 g/mol. The number of aliphatic hydroxyl groups excluding tert-OH is 1. The molecule has 2 fully saturated rings. The molecule has 5 N–H and O–H groups in total. The highest BCUT2D eigenvalue weighted by molar-refractivity contribution is 5.92. The summed E-state index contributed by atoms with van der Waals surface area (Å²) in [5.41, 5.74) is 10.9. The van der Waals surface area contributed by atoms with Gasteiger partial charge in [0.15, 0.2) is 0 Å². The Morgan fingerprint density at radius 1 is 0.844 bits per heavy atom. The molecule has 1 aliphatic heterocycles. The second-order valence-corrected chi connectivity index (χ2v) is 19.4. The summed E-state index contributed by atoms with van der Waals surface area (Å²) in [6.45, 7) is 9.39. The summed E-state index contributed by atoms with van der Waals surface area (Å²) in [6.07, 6.45) is 4.62. The fourth-order valence-corrected chi connectivity index (χ4v) is 10.8. The lowest BCUT2D eigenvalue weighted by molar-refractivity contribution is -0.148. The molecule has 2 aliphatic carbocycles. The molecular formula is C52H73N5O7. The van der Waals surface area contributed by atoms with Crippen LogP contribution in [0.3, 0.4) is 0 Å². The van der Waals surface area contributed by atoms with Crippen molar-refractivity contribution in [1.29, 1.82) is 0 Å². The summed E-state index contributed by atoms with van der Waals surface area (Å²) in [7, 11) is 4.96. The van der Waals surface area contributed by atoms with Gasteiger partial charge in [0.1, 0.15) is 6.04 Å². The largest absolute Gasteiger partial charge is 0.386 e. The highest BCUT2D eigenvalue weighted by Crippen LogP contribution is 2.47. The summed E-state index contributed by atoms with van der Waals surface area (Å²) in [6, 6.07) is 24.0. The van der Waals surface area contributed by atoms with Crippen molar-refractivity contribution in [3.8, 4) is 11.1 Å². The van der Waals surface area contributed by atoms with Crippen molar-refractivity contribution in [1.82, 2.24) is 20.4 Å². The van der Waals surface area contributed by atoms with E-state index >= 15 is 4.79 Å². The third-order valence-electron chi connectivity index (χ3n) is 14.5. The van der Waals surface area contributed by atoms with E-state index in [1.54, 1.807) is 53.9 Å². The fraction of sp³-hybridized carbons (Fsp3) is 0.577. The van der Waals surface area contributed by atoms with Crippen LogP contribution in [-0.4, -0.2) is 108 Å². The minimum atomic E-state index is -1.21. The van der Waals surface area contributed by atoms with E-state index in [2.05, 4.69) is 59.2 Å². The van der Waals surface area contributed by atoms with Crippen LogP contribution in [0.15, 0.2) is 78.9 Å². The Bertz CT molecular complexity index is 2000. The summed E-state index contributed by atoms with van der Waals surface area (Å²) in [4.78, 5) is 60.5. The van der Waals surface area contributed by atoms with Crippen LogP contribution in [0.1, 0.15) is 121 Å². The van der Waals surface area contributed by atoms with Gasteiger partial charge in [-0.3, -0.25) is 19.2 Å². The number of aliphatic hydroxyl groups is 1. The average Bonchev–Trinajstić information content (AvgIpc) is 4.07. The minimum Gasteiger partial charge on any atom is -0.386 e. The summed E-state index contributed by atoms with van der Waals surface area (Å²) in [5.74, 6) is -1.63. The number of hydrogen-bond donors (Lipinski definition) is 4. The van der Waals surface area contributed by atoms with Gasteiger partial charge in [-0.15, -0.1) is 0 Å². The predicted octanol–water partition coefficient (Wildman–Crippen LogP) is 6.74. The topological polar surface area (TPSA) is 164 Å². The Kier molecular flexibility index (Phi) is 16.5. The van der Waals surface area contributed by atoms with Crippen molar-refractivity contribution in [2.75, 3.05) is 27.8 Å². The van der Waals surface area contributed by atoms with E-state index in [4.69, 9.17) is 15.2 Å². The Morgan fingerprint density at radius 2 is 1.44 bits per heavy atom. The highest BCUT2D eigenvalue weighted by atomic mass is 16.5. The van der Waals surface area contributed by atoms with Crippen LogP contribution in [0.2, 0.25) is 0 Å². The molecule has 3 aromatic rings. The number of likely N-dealkylation sites (N-methyl/N-ethyl adjacent to an activating group) is 1. The quantitative estimate of drug-likeness (QED) is 0.0971. The van der Waals surface area contributed by atoms with Gasteiger partial charge in [-0.2, -0.15) is 0 Å². The van der Waals surface area contributed by atoms with Crippen LogP contribution >= 0.6 is 0 Å². The van der Waals surface area contributed by atoms with Crippen molar-refractivity contribution in [2.45, 2.75) is 146 Å². The molecule has 12 heteroatoms. The Hall–Kier alpha value is -4.62. The van der Waals surface area contributed by atoms with E-state index in [1.807, 2.05) is 42.2 Å². The first kappa shape index (κ1) is 48.8. The molecule has 12 nitrogen and oxygen atoms in total. The number of fused-ring (bicyclic) bond motifs is 3. The molecular weight excluding hydrogens is 807 g/mol. The number of methoxy groups -OCH3 is 2. The molecule has 1 saturated heterocycles. The zero-order chi connectivity index (χ0) is 46.3. The molecule has 0 bridgehead atoms. The standard InChI is InChI=1S/C52H73N5O7/c1-32(28-29-41-39-25-16-14-23-37(39)38-24-15-17-26-40(38)41)45(55-51(62)52(4,5)53)50(61)56(6)46(35-19-12-13-20-35)43(63-7)31-44(58)57-30-18-27-42(57)48(64-8)33(2)49(60)54-34(3)47(59)36-21-10-9-11-22-36/h9-11,14-17,21-26,32-35,41-43,45-48,59H,12-13,18-20,27-31,53H2,1-8H3,(H,54,60)(H,55,62)/t32?,33-,34-,42+,43+,45?,46+,47+,48-/m1/s1. The Balaban J connectivity index is 1.18. The number of nitrogens with zero attached hydrogens (tertiary/aromatic N) is 2. The second-order valence-electron chi connectivity index (χ2n) is 19.4. The van der Waals surface area contributed by atoms with E-state index in [-0.39, 0.29) is 47.9 Å². The zero-order valence-corrected chi connectivity index (χ0v) is 39.3. The van der Waals surface area contributed by atoms with E-state index in [0.29, 0.717) is 24.9 Å². The number of nitrogens with one attached hydrogen (secondary N) is 2. The Labute approximate surface area is 381 Å². The summed E-state index contributed by atoms with van der Waals surface area (Å²) >= 11 is 0. The number of likely N-dealkylation sites (tertiary alicyclic amines) is 1. The van der Waals surface area contributed by atoms with Gasteiger partial charge in [0.25, 0.3) is 0 Å². The molecule has 0 radical (unpaired) electrons. The number of ether oxygens (including phenoxy) is 2. The van der Waals surface area contributed by atoms with Crippen molar-refractivity contribution in [3.63, 3.8) is 0 Å². The summed E-state index contributed by atoms with van der Waals surface area (Å²) in [5, 5.41) is 17.0. The fourth-order valence-electron chi connectivity index (χ4n) is 10.8. The number of hydrogen-bond acceptors (Lipinski definition) is 8. The lowest BCUT2D eigenvalue weighted by atomic mass is 9.85. The first-order chi connectivity index (χ1) is 30.6. The zero-order valence-electron chi connectivity index (χ0n) is 39.3. The van der Waals surface area contributed by atoms with E-state index in [9.17, 15) is 19.5 Å². The SMILES string of the molecule is CO[C@H]([C@@H](C)C(=O)N[C@H](C)[C@H](O)c1ccccc1)[C@@H]1CCCN1C(=O)C[C@H](OC)[C@H](C1CCCC1)N(C)C(=O)C(NC(=O)C(C)(C)N)C(C)CCC1c2ccccc2-c2ccccc21. The molecule has 6 rings (SSSR count). The molecule has 0 spiro atoms. The first-order valence-corrected chi connectivity index (χ1v) is 23.5.